The number of esters is 1. The Bertz CT molecular complexity index is 643. The zero-order chi connectivity index (χ0) is 14.5. The van der Waals surface area contributed by atoms with Crippen molar-refractivity contribution in [1.82, 2.24) is 0 Å². The lowest BCUT2D eigenvalue weighted by Crippen LogP contribution is -2.04. The van der Waals surface area contributed by atoms with Gasteiger partial charge in [0.1, 0.15) is 0 Å². The smallest absolute Gasteiger partial charge is 0.333 e. The van der Waals surface area contributed by atoms with E-state index in [0.29, 0.717) is 12.2 Å². The van der Waals surface area contributed by atoms with Crippen LogP contribution < -0.4 is 0 Å². The summed E-state index contributed by atoms with van der Waals surface area (Å²) in [5.74, 6) is -0.273. The van der Waals surface area contributed by atoms with Crippen LogP contribution in [0.1, 0.15) is 18.7 Å². The standard InChI is InChI=1S/C16H15ClO2S/c1-3-19-16(18)11(2)9-14-7-8-15(20-14)12-5-4-6-13(17)10-12/h4-10H,3H2,1-2H3/b11-9+. The molecule has 4 heteroatoms. The number of benzene rings is 1. The summed E-state index contributed by atoms with van der Waals surface area (Å²) in [7, 11) is 0. The van der Waals surface area contributed by atoms with Gasteiger partial charge in [-0.1, -0.05) is 23.7 Å². The van der Waals surface area contributed by atoms with E-state index < -0.39 is 0 Å². The molecule has 104 valence electrons. The Hall–Kier alpha value is -1.58. The van der Waals surface area contributed by atoms with Gasteiger partial charge in [-0.2, -0.15) is 0 Å². The average Bonchev–Trinajstić information content (AvgIpc) is 2.87. The topological polar surface area (TPSA) is 26.3 Å². The normalized spacial score (nSPS) is 11.4. The molecule has 0 saturated carbocycles. The number of carbonyl (C=O) groups is 1. The molecule has 0 unspecified atom stereocenters. The highest BCUT2D eigenvalue weighted by Crippen LogP contribution is 2.30. The highest BCUT2D eigenvalue weighted by Gasteiger charge is 2.07. The van der Waals surface area contributed by atoms with E-state index in [1.807, 2.05) is 42.5 Å². The first-order chi connectivity index (χ1) is 9.60. The van der Waals surface area contributed by atoms with E-state index in [2.05, 4.69) is 0 Å². The molecule has 0 spiro atoms. The maximum Gasteiger partial charge on any atom is 0.333 e. The Labute approximate surface area is 127 Å². The van der Waals surface area contributed by atoms with Crippen molar-refractivity contribution in [2.75, 3.05) is 6.61 Å². The number of carbonyl (C=O) groups excluding carboxylic acids is 1. The van der Waals surface area contributed by atoms with Crippen LogP contribution >= 0.6 is 22.9 Å². The lowest BCUT2D eigenvalue weighted by atomic mass is 10.2. The van der Waals surface area contributed by atoms with E-state index in [1.165, 1.54) is 0 Å². The average molecular weight is 307 g/mol. The van der Waals surface area contributed by atoms with Crippen molar-refractivity contribution in [3.05, 3.63) is 51.9 Å². The van der Waals surface area contributed by atoms with Crippen LogP contribution in [0.4, 0.5) is 0 Å². The summed E-state index contributed by atoms with van der Waals surface area (Å²) in [5, 5.41) is 0.718. The summed E-state index contributed by atoms with van der Waals surface area (Å²) in [4.78, 5) is 13.7. The first-order valence-corrected chi connectivity index (χ1v) is 7.51. The van der Waals surface area contributed by atoms with Gasteiger partial charge in [0.05, 0.1) is 6.61 Å². The molecule has 1 aromatic carbocycles. The SMILES string of the molecule is CCOC(=O)/C(C)=C/c1ccc(-c2cccc(Cl)c2)s1. The van der Waals surface area contributed by atoms with Crippen molar-refractivity contribution in [1.29, 1.82) is 0 Å². The number of ether oxygens (including phenoxy) is 1. The molecular weight excluding hydrogens is 292 g/mol. The molecule has 0 amide bonds. The van der Waals surface area contributed by atoms with Crippen LogP contribution in [-0.4, -0.2) is 12.6 Å². The third kappa shape index (κ3) is 3.71. The predicted octanol–water partition coefficient (Wildman–Crippen LogP) is 5.03. The second-order valence-corrected chi connectivity index (χ2v) is 5.81. The summed E-state index contributed by atoms with van der Waals surface area (Å²) in [6.45, 7) is 3.95. The Morgan fingerprint density at radius 2 is 2.15 bits per heavy atom. The zero-order valence-corrected chi connectivity index (χ0v) is 12.9. The zero-order valence-electron chi connectivity index (χ0n) is 11.4. The number of hydrogen-bond acceptors (Lipinski definition) is 3. The van der Waals surface area contributed by atoms with Crippen molar-refractivity contribution >= 4 is 35.0 Å². The molecule has 20 heavy (non-hydrogen) atoms. The highest BCUT2D eigenvalue weighted by atomic mass is 35.5. The van der Waals surface area contributed by atoms with Crippen molar-refractivity contribution in [2.45, 2.75) is 13.8 Å². The fraction of sp³-hybridized carbons (Fsp3) is 0.188. The summed E-state index contributed by atoms with van der Waals surface area (Å²) in [6, 6.07) is 11.7. The Morgan fingerprint density at radius 3 is 2.85 bits per heavy atom. The van der Waals surface area contributed by atoms with Gasteiger partial charge < -0.3 is 4.74 Å². The van der Waals surface area contributed by atoms with E-state index in [-0.39, 0.29) is 5.97 Å². The predicted molar refractivity (Wildman–Crippen MR) is 85.0 cm³/mol. The molecule has 0 atom stereocenters. The second kappa shape index (κ2) is 6.73. The fourth-order valence-electron chi connectivity index (χ4n) is 1.74. The van der Waals surface area contributed by atoms with Gasteiger partial charge >= 0.3 is 5.97 Å². The van der Waals surface area contributed by atoms with E-state index in [1.54, 1.807) is 25.2 Å². The quantitative estimate of drug-likeness (QED) is 0.584. The third-order valence-electron chi connectivity index (χ3n) is 2.69. The molecule has 0 saturated heterocycles. The van der Waals surface area contributed by atoms with Crippen molar-refractivity contribution in [3.8, 4) is 10.4 Å². The summed E-state index contributed by atoms with van der Waals surface area (Å²) in [6.07, 6.45) is 1.84. The number of rotatable bonds is 4. The van der Waals surface area contributed by atoms with Crippen LogP contribution in [0.2, 0.25) is 5.02 Å². The molecule has 0 bridgehead atoms. The molecule has 2 aromatic rings. The molecule has 0 aliphatic heterocycles. The van der Waals surface area contributed by atoms with Gasteiger partial charge in [0.25, 0.3) is 0 Å². The van der Waals surface area contributed by atoms with Gasteiger partial charge in [-0.15, -0.1) is 11.3 Å². The van der Waals surface area contributed by atoms with Crippen LogP contribution in [0.3, 0.4) is 0 Å². The molecule has 1 heterocycles. The summed E-state index contributed by atoms with van der Waals surface area (Å²) in [5.41, 5.74) is 1.68. The van der Waals surface area contributed by atoms with E-state index in [0.717, 1.165) is 20.3 Å². The minimum Gasteiger partial charge on any atom is -0.463 e. The molecule has 0 aliphatic rings. The van der Waals surface area contributed by atoms with Crippen molar-refractivity contribution in [2.24, 2.45) is 0 Å². The Morgan fingerprint density at radius 1 is 1.35 bits per heavy atom. The first-order valence-electron chi connectivity index (χ1n) is 6.31. The number of halogens is 1. The molecular formula is C16H15ClO2S. The van der Waals surface area contributed by atoms with Gasteiger partial charge in [-0.3, -0.25) is 0 Å². The Kier molecular flexibility index (Phi) is 4.99. The Balaban J connectivity index is 2.21. The van der Waals surface area contributed by atoms with Gasteiger partial charge in [0.2, 0.25) is 0 Å². The molecule has 1 aromatic heterocycles. The van der Waals surface area contributed by atoms with E-state index in [4.69, 9.17) is 16.3 Å². The monoisotopic (exact) mass is 306 g/mol. The first kappa shape index (κ1) is 14.8. The van der Waals surface area contributed by atoms with E-state index in [9.17, 15) is 4.79 Å². The molecule has 0 N–H and O–H groups in total. The second-order valence-electron chi connectivity index (χ2n) is 4.26. The maximum absolute atomic E-state index is 11.6. The lowest BCUT2D eigenvalue weighted by molar-refractivity contribution is -0.138. The van der Waals surface area contributed by atoms with Crippen LogP contribution in [0, 0.1) is 0 Å². The molecule has 0 radical (unpaired) electrons. The van der Waals surface area contributed by atoms with Gasteiger partial charge in [0.15, 0.2) is 0 Å². The van der Waals surface area contributed by atoms with Crippen LogP contribution in [0.15, 0.2) is 42.0 Å². The fourth-order valence-corrected chi connectivity index (χ4v) is 2.94. The summed E-state index contributed by atoms with van der Waals surface area (Å²) < 4.78 is 4.96. The highest BCUT2D eigenvalue weighted by molar-refractivity contribution is 7.16. The van der Waals surface area contributed by atoms with Crippen molar-refractivity contribution in [3.63, 3.8) is 0 Å². The maximum atomic E-state index is 11.6. The van der Waals surface area contributed by atoms with Crippen LogP contribution in [0.5, 0.6) is 0 Å². The number of hydrogen-bond donors (Lipinski definition) is 0. The van der Waals surface area contributed by atoms with E-state index >= 15 is 0 Å². The minimum absolute atomic E-state index is 0.273. The third-order valence-corrected chi connectivity index (χ3v) is 4.01. The number of thiophene rings is 1. The lowest BCUT2D eigenvalue weighted by Gasteiger charge is -2.00. The van der Waals surface area contributed by atoms with Gasteiger partial charge in [0, 0.05) is 20.4 Å². The largest absolute Gasteiger partial charge is 0.463 e. The van der Waals surface area contributed by atoms with Crippen LogP contribution in [0.25, 0.3) is 16.5 Å². The molecule has 0 fully saturated rings. The molecule has 2 rings (SSSR count). The van der Waals surface area contributed by atoms with Crippen LogP contribution in [-0.2, 0) is 9.53 Å². The molecule has 2 nitrogen and oxygen atoms in total. The van der Waals surface area contributed by atoms with Gasteiger partial charge in [-0.05, 0) is 49.8 Å². The van der Waals surface area contributed by atoms with Gasteiger partial charge in [-0.25, -0.2) is 4.79 Å². The summed E-state index contributed by atoms with van der Waals surface area (Å²) >= 11 is 7.61. The minimum atomic E-state index is -0.273. The van der Waals surface area contributed by atoms with Crippen molar-refractivity contribution < 1.29 is 9.53 Å². The molecule has 0 aliphatic carbocycles.